The zero-order valence-electron chi connectivity index (χ0n) is 11.4. The van der Waals surface area contributed by atoms with Gasteiger partial charge in [0.15, 0.2) is 0 Å². The Morgan fingerprint density at radius 2 is 2.11 bits per heavy atom. The Kier molecular flexibility index (Phi) is 4.27. The fourth-order valence-electron chi connectivity index (χ4n) is 2.13. The summed E-state index contributed by atoms with van der Waals surface area (Å²) >= 11 is 0. The highest BCUT2D eigenvalue weighted by Crippen LogP contribution is 2.28. The predicted molar refractivity (Wildman–Crippen MR) is 71.3 cm³/mol. The summed E-state index contributed by atoms with van der Waals surface area (Å²) in [4.78, 5) is 0.283. The smallest absolute Gasteiger partial charge is 0.244 e. The maximum Gasteiger partial charge on any atom is 0.244 e. The molecule has 0 radical (unpaired) electrons. The average Bonchev–Trinajstić information content (AvgIpc) is 3.11. The van der Waals surface area contributed by atoms with Gasteiger partial charge in [0.25, 0.3) is 0 Å². The first kappa shape index (κ1) is 14.5. The topological polar surface area (TPSA) is 84.2 Å². The Balaban J connectivity index is 2.19. The van der Waals surface area contributed by atoms with Crippen LogP contribution in [0.3, 0.4) is 0 Å². The molecule has 0 atom stereocenters. The lowest BCUT2D eigenvalue weighted by Gasteiger charge is -2.07. The Hall–Kier alpha value is -0.920. The molecule has 1 fully saturated rings. The fraction of sp³-hybridized carbons (Fsp3) is 0.750. The highest BCUT2D eigenvalue weighted by atomic mass is 32.2. The molecular weight excluding hydrogens is 266 g/mol. The van der Waals surface area contributed by atoms with Crippen LogP contribution in [0.5, 0.6) is 0 Å². The van der Waals surface area contributed by atoms with Crippen LogP contribution in [0.25, 0.3) is 0 Å². The molecule has 1 aliphatic rings. The van der Waals surface area contributed by atoms with Gasteiger partial charge in [-0.15, -0.1) is 0 Å². The fourth-order valence-corrected chi connectivity index (χ4v) is 3.65. The molecule has 19 heavy (non-hydrogen) atoms. The van der Waals surface area contributed by atoms with Gasteiger partial charge in [0.05, 0.1) is 11.4 Å². The Bertz CT molecular complexity index is 547. The monoisotopic (exact) mass is 287 g/mol. The first-order chi connectivity index (χ1) is 8.95. The molecule has 0 unspecified atom stereocenters. The molecular formula is C12H21N3O3S. The minimum atomic E-state index is -3.48. The second-order valence-electron chi connectivity index (χ2n) is 5.10. The zero-order chi connectivity index (χ0) is 14.0. The van der Waals surface area contributed by atoms with Crippen molar-refractivity contribution in [3.05, 3.63) is 11.4 Å². The van der Waals surface area contributed by atoms with E-state index in [9.17, 15) is 8.42 Å². The second kappa shape index (κ2) is 5.60. The van der Waals surface area contributed by atoms with Gasteiger partial charge in [-0.25, -0.2) is 13.1 Å². The van der Waals surface area contributed by atoms with E-state index < -0.39 is 10.0 Å². The molecule has 1 aliphatic carbocycles. The van der Waals surface area contributed by atoms with Gasteiger partial charge in [0, 0.05) is 19.7 Å². The van der Waals surface area contributed by atoms with Crippen molar-refractivity contribution in [2.75, 3.05) is 13.2 Å². The van der Waals surface area contributed by atoms with Gasteiger partial charge in [0.2, 0.25) is 10.0 Å². The molecule has 2 N–H and O–H groups in total. The van der Waals surface area contributed by atoms with E-state index in [0.717, 1.165) is 12.8 Å². The van der Waals surface area contributed by atoms with Crippen molar-refractivity contribution in [3.8, 4) is 0 Å². The minimum absolute atomic E-state index is 0.0698. The highest BCUT2D eigenvalue weighted by molar-refractivity contribution is 7.89. The van der Waals surface area contributed by atoms with Gasteiger partial charge in [0.1, 0.15) is 4.90 Å². The summed E-state index contributed by atoms with van der Waals surface area (Å²) in [7, 11) is -3.48. The third kappa shape index (κ3) is 3.34. The normalized spacial score (nSPS) is 15.9. The maximum absolute atomic E-state index is 12.3. The van der Waals surface area contributed by atoms with Gasteiger partial charge in [-0.2, -0.15) is 5.10 Å². The van der Waals surface area contributed by atoms with E-state index in [1.807, 2.05) is 0 Å². The molecule has 1 aromatic rings. The maximum atomic E-state index is 12.3. The number of aliphatic hydroxyl groups excluding tert-OH is 1. The van der Waals surface area contributed by atoms with E-state index >= 15 is 0 Å². The van der Waals surface area contributed by atoms with Crippen LogP contribution in [-0.2, 0) is 16.6 Å². The van der Waals surface area contributed by atoms with E-state index in [1.54, 1.807) is 18.5 Å². The molecule has 7 heteroatoms. The van der Waals surface area contributed by atoms with Crippen LogP contribution in [-0.4, -0.2) is 36.5 Å². The van der Waals surface area contributed by atoms with Crippen molar-refractivity contribution in [1.82, 2.24) is 14.5 Å². The Labute approximate surface area is 113 Å². The SMILES string of the molecule is Cc1nn(CCCO)c(C)c1S(=O)(=O)NCC1CC1. The molecule has 0 amide bonds. The van der Waals surface area contributed by atoms with Crippen LogP contribution >= 0.6 is 0 Å². The second-order valence-corrected chi connectivity index (χ2v) is 6.80. The standard InChI is InChI=1S/C12H21N3O3S/c1-9-12(10(2)15(14-9)6-3-7-16)19(17,18)13-8-11-4-5-11/h11,13,16H,3-8H2,1-2H3. The quantitative estimate of drug-likeness (QED) is 0.768. The van der Waals surface area contributed by atoms with Gasteiger partial charge < -0.3 is 5.11 Å². The van der Waals surface area contributed by atoms with Crippen molar-refractivity contribution in [2.24, 2.45) is 5.92 Å². The van der Waals surface area contributed by atoms with Gasteiger partial charge in [-0.1, -0.05) is 0 Å². The number of sulfonamides is 1. The number of rotatable bonds is 7. The number of aliphatic hydroxyl groups is 1. The molecule has 0 aromatic carbocycles. The van der Waals surface area contributed by atoms with E-state index in [1.165, 1.54) is 0 Å². The zero-order valence-corrected chi connectivity index (χ0v) is 12.2. The third-order valence-electron chi connectivity index (χ3n) is 3.37. The van der Waals surface area contributed by atoms with Crippen LogP contribution in [0.1, 0.15) is 30.7 Å². The molecule has 0 aliphatic heterocycles. The van der Waals surface area contributed by atoms with Gasteiger partial charge >= 0.3 is 0 Å². The summed E-state index contributed by atoms with van der Waals surface area (Å²) in [5.41, 5.74) is 1.15. The first-order valence-electron chi connectivity index (χ1n) is 6.60. The molecule has 108 valence electrons. The number of hydrogen-bond acceptors (Lipinski definition) is 4. The highest BCUT2D eigenvalue weighted by Gasteiger charge is 2.28. The van der Waals surface area contributed by atoms with Crippen molar-refractivity contribution in [1.29, 1.82) is 0 Å². The molecule has 6 nitrogen and oxygen atoms in total. The number of aromatic nitrogens is 2. The van der Waals surface area contributed by atoms with E-state index in [2.05, 4.69) is 9.82 Å². The molecule has 0 spiro atoms. The van der Waals surface area contributed by atoms with Crippen molar-refractivity contribution in [3.63, 3.8) is 0 Å². The lowest BCUT2D eigenvalue weighted by Crippen LogP contribution is -2.26. The number of nitrogens with one attached hydrogen (secondary N) is 1. The lowest BCUT2D eigenvalue weighted by molar-refractivity contribution is 0.276. The summed E-state index contributed by atoms with van der Waals surface area (Å²) in [5, 5.41) is 13.1. The number of nitrogens with zero attached hydrogens (tertiary/aromatic N) is 2. The van der Waals surface area contributed by atoms with Gasteiger partial charge in [-0.3, -0.25) is 4.68 Å². The molecule has 2 rings (SSSR count). The van der Waals surface area contributed by atoms with Crippen molar-refractivity contribution < 1.29 is 13.5 Å². The van der Waals surface area contributed by atoms with Crippen LogP contribution in [0, 0.1) is 19.8 Å². The Morgan fingerprint density at radius 3 is 2.68 bits per heavy atom. The number of hydrogen-bond donors (Lipinski definition) is 2. The third-order valence-corrected chi connectivity index (χ3v) is 5.05. The predicted octanol–water partition coefficient (Wildman–Crippen LogP) is 0.571. The molecule has 1 heterocycles. The summed E-state index contributed by atoms with van der Waals surface area (Å²) in [6.45, 7) is 4.57. The lowest BCUT2D eigenvalue weighted by atomic mass is 10.4. The average molecular weight is 287 g/mol. The van der Waals surface area contributed by atoms with E-state index in [-0.39, 0.29) is 11.5 Å². The molecule has 1 aromatic heterocycles. The first-order valence-corrected chi connectivity index (χ1v) is 8.08. The minimum Gasteiger partial charge on any atom is -0.396 e. The van der Waals surface area contributed by atoms with E-state index in [0.29, 0.717) is 36.8 Å². The van der Waals surface area contributed by atoms with Crippen LogP contribution in [0.2, 0.25) is 0 Å². The van der Waals surface area contributed by atoms with Crippen molar-refractivity contribution in [2.45, 2.75) is 44.6 Å². The van der Waals surface area contributed by atoms with Gasteiger partial charge in [-0.05, 0) is 39.0 Å². The molecule has 0 saturated heterocycles. The molecule has 1 saturated carbocycles. The summed E-state index contributed by atoms with van der Waals surface area (Å²) < 4.78 is 28.9. The van der Waals surface area contributed by atoms with Crippen LogP contribution in [0.15, 0.2) is 4.90 Å². The number of aryl methyl sites for hydroxylation is 2. The van der Waals surface area contributed by atoms with Crippen LogP contribution in [0.4, 0.5) is 0 Å². The van der Waals surface area contributed by atoms with Crippen LogP contribution < -0.4 is 4.72 Å². The van der Waals surface area contributed by atoms with E-state index in [4.69, 9.17) is 5.11 Å². The largest absolute Gasteiger partial charge is 0.396 e. The summed E-state index contributed by atoms with van der Waals surface area (Å²) in [6.07, 6.45) is 2.78. The summed E-state index contributed by atoms with van der Waals surface area (Å²) in [6, 6.07) is 0. The van der Waals surface area contributed by atoms with Crippen molar-refractivity contribution >= 4 is 10.0 Å². The Morgan fingerprint density at radius 1 is 1.42 bits per heavy atom. The summed E-state index contributed by atoms with van der Waals surface area (Å²) in [5.74, 6) is 0.500. The molecule has 0 bridgehead atoms.